The van der Waals surface area contributed by atoms with Crippen LogP contribution in [0.5, 0.6) is 0 Å². The molecule has 0 saturated carbocycles. The van der Waals surface area contributed by atoms with E-state index in [1.165, 1.54) is 76.4 Å². The molecule has 2 nitrogen and oxygen atoms in total. The van der Waals surface area contributed by atoms with Crippen molar-refractivity contribution in [1.82, 2.24) is 4.57 Å². The molecule has 1 aromatic heterocycles. The van der Waals surface area contributed by atoms with Crippen LogP contribution in [0.2, 0.25) is 0 Å². The van der Waals surface area contributed by atoms with Crippen LogP contribution < -0.4 is 5.73 Å². The van der Waals surface area contributed by atoms with Gasteiger partial charge in [0.15, 0.2) is 0 Å². The Balaban J connectivity index is 1.93. The first-order valence-electron chi connectivity index (χ1n) is 8.72. The van der Waals surface area contributed by atoms with Crippen molar-refractivity contribution in [2.24, 2.45) is 5.73 Å². The fourth-order valence-corrected chi connectivity index (χ4v) is 2.81. The fourth-order valence-electron chi connectivity index (χ4n) is 2.81. The summed E-state index contributed by atoms with van der Waals surface area (Å²) in [7, 11) is 0. The van der Waals surface area contributed by atoms with Crippen LogP contribution in [0.1, 0.15) is 76.8 Å². The summed E-state index contributed by atoms with van der Waals surface area (Å²) in [6.45, 7) is 4.20. The smallest absolute Gasteiger partial charge is 0.0222 e. The Morgan fingerprint density at radius 1 is 0.900 bits per heavy atom. The van der Waals surface area contributed by atoms with Crippen molar-refractivity contribution in [2.45, 2.75) is 84.1 Å². The van der Waals surface area contributed by atoms with Gasteiger partial charge >= 0.3 is 0 Å². The summed E-state index contributed by atoms with van der Waals surface area (Å²) >= 11 is 0. The summed E-state index contributed by atoms with van der Waals surface area (Å²) in [5.41, 5.74) is 7.02. The average Bonchev–Trinajstić information content (AvgIpc) is 2.89. The van der Waals surface area contributed by atoms with E-state index in [9.17, 15) is 0 Å². The lowest BCUT2D eigenvalue weighted by molar-refractivity contribution is 0.530. The number of rotatable bonds is 13. The first-order chi connectivity index (χ1) is 9.88. The van der Waals surface area contributed by atoms with Gasteiger partial charge in [0, 0.05) is 18.4 Å². The zero-order valence-electron chi connectivity index (χ0n) is 13.4. The van der Waals surface area contributed by atoms with Crippen LogP contribution in [-0.4, -0.2) is 11.1 Å². The molecule has 0 spiro atoms. The molecule has 2 heteroatoms. The maximum atomic E-state index is 5.63. The van der Waals surface area contributed by atoms with Gasteiger partial charge in [0.1, 0.15) is 0 Å². The van der Waals surface area contributed by atoms with Gasteiger partial charge in [-0.15, -0.1) is 0 Å². The minimum Gasteiger partial charge on any atom is -0.351 e. The molecule has 0 aliphatic carbocycles. The Kier molecular flexibility index (Phi) is 10.4. The number of aryl methyl sites for hydroxylation is 1. The Morgan fingerprint density at radius 2 is 1.50 bits per heavy atom. The molecule has 20 heavy (non-hydrogen) atoms. The molecule has 0 saturated heterocycles. The minimum atomic E-state index is 0.752. The van der Waals surface area contributed by atoms with E-state index in [0.717, 1.165) is 13.0 Å². The van der Waals surface area contributed by atoms with E-state index >= 15 is 0 Å². The molecule has 2 N–H and O–H groups in total. The van der Waals surface area contributed by atoms with Crippen LogP contribution in [0.4, 0.5) is 0 Å². The van der Waals surface area contributed by atoms with Gasteiger partial charge in [-0.3, -0.25) is 0 Å². The Labute approximate surface area is 125 Å². The molecule has 1 aromatic rings. The van der Waals surface area contributed by atoms with Crippen molar-refractivity contribution in [3.63, 3.8) is 0 Å². The predicted octanol–water partition coefficient (Wildman–Crippen LogP) is 4.91. The Hall–Kier alpha value is -0.760. The molecule has 1 heterocycles. The highest BCUT2D eigenvalue weighted by atomic mass is 15.0. The molecule has 0 amide bonds. The van der Waals surface area contributed by atoms with Crippen LogP contribution in [0, 0.1) is 0 Å². The zero-order chi connectivity index (χ0) is 14.5. The third kappa shape index (κ3) is 7.74. The molecule has 0 aliphatic heterocycles. The van der Waals surface area contributed by atoms with Crippen LogP contribution in [0.25, 0.3) is 0 Å². The fraction of sp³-hybridized carbons (Fsp3) is 0.778. The van der Waals surface area contributed by atoms with Gasteiger partial charge < -0.3 is 10.3 Å². The highest BCUT2D eigenvalue weighted by Gasteiger charge is 1.99. The molecule has 0 radical (unpaired) electrons. The van der Waals surface area contributed by atoms with Gasteiger partial charge in [0.25, 0.3) is 0 Å². The second-order valence-electron chi connectivity index (χ2n) is 5.91. The van der Waals surface area contributed by atoms with Crippen molar-refractivity contribution in [3.05, 3.63) is 24.0 Å². The Morgan fingerprint density at radius 3 is 2.10 bits per heavy atom. The quantitative estimate of drug-likeness (QED) is 0.511. The summed E-state index contributed by atoms with van der Waals surface area (Å²) in [4.78, 5) is 0. The van der Waals surface area contributed by atoms with Gasteiger partial charge in [0.2, 0.25) is 0 Å². The number of hydrogen-bond donors (Lipinski definition) is 1. The second-order valence-corrected chi connectivity index (χ2v) is 5.91. The Bertz CT molecular complexity index is 317. The standard InChI is InChI=1S/C18H34N2/c1-2-3-4-5-6-7-8-9-10-11-16-20-17-12-13-18(20)14-15-19/h12-13,17H,2-11,14-16,19H2,1H3. The van der Waals surface area contributed by atoms with Crippen LogP contribution >= 0.6 is 0 Å². The highest BCUT2D eigenvalue weighted by molar-refractivity contribution is 5.07. The van der Waals surface area contributed by atoms with Gasteiger partial charge in [-0.2, -0.15) is 0 Å². The summed E-state index contributed by atoms with van der Waals surface area (Å²) < 4.78 is 2.37. The third-order valence-corrected chi connectivity index (χ3v) is 4.08. The summed E-state index contributed by atoms with van der Waals surface area (Å²) in [5, 5.41) is 0. The van der Waals surface area contributed by atoms with E-state index < -0.39 is 0 Å². The van der Waals surface area contributed by atoms with E-state index in [0.29, 0.717) is 0 Å². The molecule has 1 rings (SSSR count). The van der Waals surface area contributed by atoms with E-state index in [4.69, 9.17) is 5.73 Å². The average molecular weight is 278 g/mol. The van der Waals surface area contributed by atoms with E-state index in [1.54, 1.807) is 0 Å². The number of nitrogens with two attached hydrogens (primary N) is 1. The number of nitrogens with zero attached hydrogens (tertiary/aromatic N) is 1. The SMILES string of the molecule is CCCCCCCCCCCCn1cccc1CCN. The lowest BCUT2D eigenvalue weighted by Crippen LogP contribution is -2.08. The van der Waals surface area contributed by atoms with Crippen molar-refractivity contribution in [3.8, 4) is 0 Å². The van der Waals surface area contributed by atoms with Crippen LogP contribution in [-0.2, 0) is 13.0 Å². The summed E-state index contributed by atoms with van der Waals surface area (Å²) in [6, 6.07) is 4.34. The number of aromatic nitrogens is 1. The maximum absolute atomic E-state index is 5.63. The van der Waals surface area contributed by atoms with E-state index in [2.05, 4.69) is 29.8 Å². The van der Waals surface area contributed by atoms with Crippen LogP contribution in [0.15, 0.2) is 18.3 Å². The predicted molar refractivity (Wildman–Crippen MR) is 89.0 cm³/mol. The van der Waals surface area contributed by atoms with Crippen molar-refractivity contribution < 1.29 is 0 Å². The molecule has 0 aliphatic rings. The highest BCUT2D eigenvalue weighted by Crippen LogP contribution is 2.12. The topological polar surface area (TPSA) is 30.9 Å². The van der Waals surface area contributed by atoms with Crippen molar-refractivity contribution >= 4 is 0 Å². The zero-order valence-corrected chi connectivity index (χ0v) is 13.4. The molecular weight excluding hydrogens is 244 g/mol. The first-order valence-corrected chi connectivity index (χ1v) is 8.72. The van der Waals surface area contributed by atoms with Crippen molar-refractivity contribution in [2.75, 3.05) is 6.54 Å². The summed E-state index contributed by atoms with van der Waals surface area (Å²) in [6.07, 6.45) is 17.2. The molecular formula is C18H34N2. The molecule has 0 bridgehead atoms. The second kappa shape index (κ2) is 12.0. The first kappa shape index (κ1) is 17.3. The van der Waals surface area contributed by atoms with Gasteiger partial charge in [0.05, 0.1) is 0 Å². The normalized spacial score (nSPS) is 11.1. The summed E-state index contributed by atoms with van der Waals surface area (Å²) in [5.74, 6) is 0. The molecule has 0 unspecified atom stereocenters. The van der Waals surface area contributed by atoms with Gasteiger partial charge in [-0.05, 0) is 31.5 Å². The largest absolute Gasteiger partial charge is 0.351 e. The lowest BCUT2D eigenvalue weighted by atomic mass is 10.1. The molecule has 0 fully saturated rings. The molecule has 116 valence electrons. The minimum absolute atomic E-state index is 0.752. The molecule has 0 aromatic carbocycles. The molecule has 0 atom stereocenters. The van der Waals surface area contributed by atoms with Crippen LogP contribution in [0.3, 0.4) is 0 Å². The number of hydrogen-bond acceptors (Lipinski definition) is 1. The lowest BCUT2D eigenvalue weighted by Gasteiger charge is -2.08. The maximum Gasteiger partial charge on any atom is 0.0222 e. The van der Waals surface area contributed by atoms with Crippen molar-refractivity contribution in [1.29, 1.82) is 0 Å². The number of unbranched alkanes of at least 4 members (excludes halogenated alkanes) is 9. The third-order valence-electron chi connectivity index (χ3n) is 4.08. The van der Waals surface area contributed by atoms with Gasteiger partial charge in [-0.1, -0.05) is 64.7 Å². The van der Waals surface area contributed by atoms with Gasteiger partial charge in [-0.25, -0.2) is 0 Å². The van der Waals surface area contributed by atoms with E-state index in [-0.39, 0.29) is 0 Å². The van der Waals surface area contributed by atoms with E-state index in [1.807, 2.05) is 0 Å². The monoisotopic (exact) mass is 278 g/mol.